The van der Waals surface area contributed by atoms with E-state index in [0.717, 1.165) is 12.8 Å². The molecule has 2 fully saturated rings. The smallest absolute Gasteiger partial charge is 0.323 e. The minimum absolute atomic E-state index is 0.135. The van der Waals surface area contributed by atoms with Crippen LogP contribution in [0.1, 0.15) is 39.5 Å². The van der Waals surface area contributed by atoms with Crippen molar-refractivity contribution < 1.29 is 23.9 Å². The zero-order valence-electron chi connectivity index (χ0n) is 10.0. The van der Waals surface area contributed by atoms with Crippen molar-refractivity contribution in [1.29, 1.82) is 0 Å². The largest absolute Gasteiger partial charge is 0.422 e. The van der Waals surface area contributed by atoms with Crippen LogP contribution in [0.4, 0.5) is 0 Å². The standard InChI is InChI=1S/C12H16O5/c1-12(2)16-10(14)8(11(15)17-12)6-7-4-3-5-9(7)13/h7-8H,3-6H2,1-2H3. The van der Waals surface area contributed by atoms with E-state index in [2.05, 4.69) is 0 Å². The molecule has 1 heterocycles. The van der Waals surface area contributed by atoms with Gasteiger partial charge in [0.2, 0.25) is 0 Å². The average molecular weight is 240 g/mol. The van der Waals surface area contributed by atoms with Gasteiger partial charge in [0.1, 0.15) is 5.78 Å². The SMILES string of the molecule is CC1(C)OC(=O)C(CC2CCCC2=O)C(=O)O1. The molecular weight excluding hydrogens is 224 g/mol. The molecule has 0 amide bonds. The van der Waals surface area contributed by atoms with E-state index in [-0.39, 0.29) is 18.1 Å². The molecule has 2 rings (SSSR count). The van der Waals surface area contributed by atoms with Gasteiger partial charge in [-0.15, -0.1) is 0 Å². The molecule has 0 aromatic carbocycles. The molecule has 17 heavy (non-hydrogen) atoms. The van der Waals surface area contributed by atoms with Gasteiger partial charge in [-0.25, -0.2) is 0 Å². The van der Waals surface area contributed by atoms with Crippen molar-refractivity contribution in [3.8, 4) is 0 Å². The minimum atomic E-state index is -1.19. The molecule has 1 saturated carbocycles. The number of carbonyl (C=O) groups excluding carboxylic acids is 3. The number of Topliss-reactive ketones (excluding diaryl/α,β-unsaturated/α-hetero) is 1. The topological polar surface area (TPSA) is 69.7 Å². The fraction of sp³-hybridized carbons (Fsp3) is 0.750. The Balaban J connectivity index is 2.04. The first-order chi connectivity index (χ1) is 7.89. The zero-order chi connectivity index (χ0) is 12.6. The summed E-state index contributed by atoms with van der Waals surface area (Å²) in [5.41, 5.74) is 0. The monoisotopic (exact) mass is 240 g/mol. The molecule has 0 radical (unpaired) electrons. The van der Waals surface area contributed by atoms with E-state index < -0.39 is 23.6 Å². The summed E-state index contributed by atoms with van der Waals surface area (Å²) in [7, 11) is 0. The molecule has 5 nitrogen and oxygen atoms in total. The normalized spacial score (nSPS) is 29.1. The highest BCUT2D eigenvalue weighted by atomic mass is 16.7. The maximum absolute atomic E-state index is 11.7. The molecule has 5 heteroatoms. The summed E-state index contributed by atoms with van der Waals surface area (Å²) in [5, 5.41) is 0. The minimum Gasteiger partial charge on any atom is -0.422 e. The fourth-order valence-corrected chi connectivity index (χ4v) is 2.36. The third-order valence-corrected chi connectivity index (χ3v) is 3.21. The van der Waals surface area contributed by atoms with Crippen molar-refractivity contribution in [3.05, 3.63) is 0 Å². The van der Waals surface area contributed by atoms with Crippen LogP contribution in [0.3, 0.4) is 0 Å². The number of carbonyl (C=O) groups is 3. The van der Waals surface area contributed by atoms with Gasteiger partial charge in [-0.3, -0.25) is 14.4 Å². The molecule has 1 aliphatic heterocycles. The molecule has 0 N–H and O–H groups in total. The van der Waals surface area contributed by atoms with Crippen LogP contribution in [-0.2, 0) is 23.9 Å². The van der Waals surface area contributed by atoms with E-state index in [1.807, 2.05) is 0 Å². The summed E-state index contributed by atoms with van der Waals surface area (Å²) in [6.45, 7) is 3.03. The van der Waals surface area contributed by atoms with Gasteiger partial charge < -0.3 is 9.47 Å². The molecule has 1 aliphatic carbocycles. The molecule has 94 valence electrons. The van der Waals surface area contributed by atoms with Crippen molar-refractivity contribution >= 4 is 17.7 Å². The van der Waals surface area contributed by atoms with Crippen molar-refractivity contribution in [3.63, 3.8) is 0 Å². The summed E-state index contributed by atoms with van der Waals surface area (Å²) in [6, 6.07) is 0. The number of ether oxygens (including phenoxy) is 2. The second-order valence-corrected chi connectivity index (χ2v) is 5.09. The van der Waals surface area contributed by atoms with Crippen molar-refractivity contribution in [2.45, 2.75) is 45.3 Å². The van der Waals surface area contributed by atoms with Crippen LogP contribution in [0.2, 0.25) is 0 Å². The van der Waals surface area contributed by atoms with Gasteiger partial charge in [0, 0.05) is 26.2 Å². The third-order valence-electron chi connectivity index (χ3n) is 3.21. The first-order valence-corrected chi connectivity index (χ1v) is 5.87. The van der Waals surface area contributed by atoms with E-state index in [1.165, 1.54) is 13.8 Å². The van der Waals surface area contributed by atoms with Gasteiger partial charge in [-0.2, -0.15) is 0 Å². The summed E-state index contributed by atoms with van der Waals surface area (Å²) in [6.07, 6.45) is 2.37. The lowest BCUT2D eigenvalue weighted by Crippen LogP contribution is -2.46. The Bertz CT molecular complexity index is 351. The van der Waals surface area contributed by atoms with Crippen molar-refractivity contribution in [2.75, 3.05) is 0 Å². The predicted octanol–water partition coefficient (Wildman–Crippen LogP) is 1.20. The maximum Gasteiger partial charge on any atom is 0.323 e. The van der Waals surface area contributed by atoms with Gasteiger partial charge in [0.25, 0.3) is 5.79 Å². The third kappa shape index (κ3) is 2.48. The van der Waals surface area contributed by atoms with Crippen LogP contribution in [-0.4, -0.2) is 23.5 Å². The first-order valence-electron chi connectivity index (χ1n) is 5.87. The van der Waals surface area contributed by atoms with E-state index in [0.29, 0.717) is 6.42 Å². The maximum atomic E-state index is 11.7. The molecular formula is C12H16O5. The second-order valence-electron chi connectivity index (χ2n) is 5.09. The number of hydrogen-bond donors (Lipinski definition) is 0. The van der Waals surface area contributed by atoms with Gasteiger partial charge in [-0.05, 0) is 19.3 Å². The van der Waals surface area contributed by atoms with Crippen LogP contribution in [0.25, 0.3) is 0 Å². The Morgan fingerprint density at radius 3 is 2.24 bits per heavy atom. The Morgan fingerprint density at radius 1 is 1.18 bits per heavy atom. The van der Waals surface area contributed by atoms with Gasteiger partial charge >= 0.3 is 11.9 Å². The summed E-state index contributed by atoms with van der Waals surface area (Å²) >= 11 is 0. The molecule has 0 spiro atoms. The van der Waals surface area contributed by atoms with Crippen LogP contribution in [0.15, 0.2) is 0 Å². The quantitative estimate of drug-likeness (QED) is 0.535. The highest BCUT2D eigenvalue weighted by Gasteiger charge is 2.45. The number of hydrogen-bond acceptors (Lipinski definition) is 5. The predicted molar refractivity (Wildman–Crippen MR) is 56.7 cm³/mol. The first kappa shape index (κ1) is 12.1. The molecule has 1 atom stereocenters. The molecule has 0 aromatic rings. The van der Waals surface area contributed by atoms with E-state index in [9.17, 15) is 14.4 Å². The van der Waals surface area contributed by atoms with E-state index in [4.69, 9.17) is 9.47 Å². The lowest BCUT2D eigenvalue weighted by Gasteiger charge is -2.33. The summed E-state index contributed by atoms with van der Waals surface area (Å²) in [5.74, 6) is -3.34. The summed E-state index contributed by atoms with van der Waals surface area (Å²) in [4.78, 5) is 34.8. The second kappa shape index (κ2) is 4.13. The van der Waals surface area contributed by atoms with Crippen LogP contribution in [0.5, 0.6) is 0 Å². The number of cyclic esters (lactones) is 2. The molecule has 0 aromatic heterocycles. The Hall–Kier alpha value is -1.39. The molecule has 0 bridgehead atoms. The number of rotatable bonds is 2. The van der Waals surface area contributed by atoms with Gasteiger partial charge in [0.05, 0.1) is 0 Å². The van der Waals surface area contributed by atoms with Crippen LogP contribution in [0, 0.1) is 11.8 Å². The van der Waals surface area contributed by atoms with E-state index in [1.54, 1.807) is 0 Å². The van der Waals surface area contributed by atoms with Gasteiger partial charge in [-0.1, -0.05) is 0 Å². The summed E-state index contributed by atoms with van der Waals surface area (Å²) < 4.78 is 10.0. The zero-order valence-corrected chi connectivity index (χ0v) is 10.0. The Morgan fingerprint density at radius 2 is 1.76 bits per heavy atom. The van der Waals surface area contributed by atoms with Crippen LogP contribution < -0.4 is 0 Å². The Labute approximate surface area is 99.5 Å². The highest BCUT2D eigenvalue weighted by Crippen LogP contribution is 2.32. The molecule has 1 saturated heterocycles. The average Bonchev–Trinajstić information content (AvgIpc) is 2.56. The van der Waals surface area contributed by atoms with Crippen molar-refractivity contribution in [2.24, 2.45) is 11.8 Å². The molecule has 1 unspecified atom stereocenters. The Kier molecular flexibility index (Phi) is 2.93. The fourth-order valence-electron chi connectivity index (χ4n) is 2.36. The number of ketones is 1. The lowest BCUT2D eigenvalue weighted by molar-refractivity contribution is -0.240. The van der Waals surface area contributed by atoms with Gasteiger partial charge in [0.15, 0.2) is 5.92 Å². The highest BCUT2D eigenvalue weighted by molar-refractivity contribution is 5.97. The number of esters is 2. The van der Waals surface area contributed by atoms with E-state index >= 15 is 0 Å². The van der Waals surface area contributed by atoms with Crippen LogP contribution >= 0.6 is 0 Å². The molecule has 2 aliphatic rings. The lowest BCUT2D eigenvalue weighted by atomic mass is 9.92. The van der Waals surface area contributed by atoms with Crippen molar-refractivity contribution in [1.82, 2.24) is 0 Å².